The molecule has 3 aromatic carbocycles. The summed E-state index contributed by atoms with van der Waals surface area (Å²) in [6, 6.07) is 19.9. The number of hydrogen-bond donors (Lipinski definition) is 1. The van der Waals surface area contributed by atoms with Crippen LogP contribution in [0, 0.1) is 12.7 Å². The molecular weight excluding hydrogens is 407 g/mol. The molecule has 4 rings (SSSR count). The summed E-state index contributed by atoms with van der Waals surface area (Å²) < 4.78 is 19.5. The monoisotopic (exact) mass is 430 g/mol. The van der Waals surface area contributed by atoms with Crippen molar-refractivity contribution < 1.29 is 18.7 Å². The van der Waals surface area contributed by atoms with Crippen LogP contribution in [-0.2, 0) is 9.59 Å². The number of carbonyl (C=O) groups is 2. The zero-order chi connectivity index (χ0) is 22.8. The van der Waals surface area contributed by atoms with Crippen molar-refractivity contribution in [3.05, 3.63) is 95.4 Å². The quantitative estimate of drug-likeness (QED) is 0.538. The van der Waals surface area contributed by atoms with Crippen molar-refractivity contribution in [3.8, 4) is 5.75 Å². The Morgan fingerprint density at radius 1 is 0.906 bits per heavy atom. The van der Waals surface area contributed by atoms with E-state index in [1.54, 1.807) is 24.3 Å². The predicted octanol–water partition coefficient (Wildman–Crippen LogP) is 5.32. The summed E-state index contributed by atoms with van der Waals surface area (Å²) in [5.74, 6) is -0.927. The Bertz CT molecular complexity index is 1220. The van der Waals surface area contributed by atoms with E-state index in [2.05, 4.69) is 5.32 Å². The summed E-state index contributed by atoms with van der Waals surface area (Å²) in [4.78, 5) is 27.8. The summed E-state index contributed by atoms with van der Waals surface area (Å²) in [5, 5.41) is 3.11. The van der Waals surface area contributed by atoms with E-state index in [1.807, 2.05) is 45.0 Å². The smallest absolute Gasteiger partial charge is 0.282 e. The zero-order valence-electron chi connectivity index (χ0n) is 18.1. The maximum absolute atomic E-state index is 13.8. The molecule has 0 saturated carbocycles. The number of halogens is 1. The molecule has 0 aromatic heterocycles. The first-order valence-electron chi connectivity index (χ1n) is 10.3. The van der Waals surface area contributed by atoms with Gasteiger partial charge >= 0.3 is 0 Å². The molecule has 1 N–H and O–H groups in total. The molecule has 162 valence electrons. The second-order valence-electron chi connectivity index (χ2n) is 7.86. The topological polar surface area (TPSA) is 58.6 Å². The summed E-state index contributed by atoms with van der Waals surface area (Å²) in [6.45, 7) is 5.79. The molecule has 6 heteroatoms. The van der Waals surface area contributed by atoms with Crippen molar-refractivity contribution in [2.45, 2.75) is 26.9 Å². The Kier molecular flexibility index (Phi) is 5.77. The fourth-order valence-corrected chi connectivity index (χ4v) is 3.60. The molecule has 1 aliphatic heterocycles. The molecule has 0 unspecified atom stereocenters. The predicted molar refractivity (Wildman–Crippen MR) is 123 cm³/mol. The first kappa shape index (κ1) is 21.3. The lowest BCUT2D eigenvalue weighted by Gasteiger charge is -2.15. The molecule has 0 aliphatic carbocycles. The van der Waals surface area contributed by atoms with Crippen LogP contribution in [0.2, 0.25) is 0 Å². The number of rotatable bonds is 6. The van der Waals surface area contributed by atoms with E-state index in [4.69, 9.17) is 4.74 Å². The molecular formula is C26H23FN2O3. The van der Waals surface area contributed by atoms with Gasteiger partial charge in [-0.3, -0.25) is 9.59 Å². The van der Waals surface area contributed by atoms with Crippen LogP contribution in [0.3, 0.4) is 0 Å². The van der Waals surface area contributed by atoms with Crippen molar-refractivity contribution in [1.82, 2.24) is 0 Å². The first-order chi connectivity index (χ1) is 15.3. The van der Waals surface area contributed by atoms with Crippen LogP contribution in [0.15, 0.2) is 78.5 Å². The van der Waals surface area contributed by atoms with E-state index in [0.29, 0.717) is 17.0 Å². The van der Waals surface area contributed by atoms with Gasteiger partial charge in [-0.15, -0.1) is 0 Å². The highest BCUT2D eigenvalue weighted by atomic mass is 19.1. The summed E-state index contributed by atoms with van der Waals surface area (Å²) in [6.07, 6.45) is 0.0109. The molecule has 0 spiro atoms. The third-order valence-corrected chi connectivity index (χ3v) is 4.95. The van der Waals surface area contributed by atoms with E-state index >= 15 is 0 Å². The number of hydrogen-bond acceptors (Lipinski definition) is 4. The Morgan fingerprint density at radius 3 is 2.28 bits per heavy atom. The summed E-state index contributed by atoms with van der Waals surface area (Å²) in [5.41, 5.74) is 2.79. The first-order valence-corrected chi connectivity index (χ1v) is 10.3. The van der Waals surface area contributed by atoms with Crippen LogP contribution < -0.4 is 15.0 Å². The number of carbonyl (C=O) groups excluding carboxylic acids is 2. The Morgan fingerprint density at radius 2 is 1.62 bits per heavy atom. The third kappa shape index (κ3) is 4.25. The fourth-order valence-electron chi connectivity index (χ4n) is 3.60. The molecule has 0 radical (unpaired) electrons. The highest BCUT2D eigenvalue weighted by Gasteiger charge is 2.40. The number of benzene rings is 3. The van der Waals surface area contributed by atoms with Gasteiger partial charge in [0.25, 0.3) is 11.8 Å². The number of imide groups is 1. The lowest BCUT2D eigenvalue weighted by atomic mass is 10.0. The molecule has 0 saturated heterocycles. The minimum Gasteiger partial charge on any atom is -0.491 e. The molecule has 0 fully saturated rings. The van der Waals surface area contributed by atoms with Gasteiger partial charge in [0, 0.05) is 5.69 Å². The van der Waals surface area contributed by atoms with Crippen molar-refractivity contribution in [3.63, 3.8) is 0 Å². The van der Waals surface area contributed by atoms with E-state index in [9.17, 15) is 14.0 Å². The summed E-state index contributed by atoms with van der Waals surface area (Å²) >= 11 is 0. The molecule has 0 bridgehead atoms. The zero-order valence-corrected chi connectivity index (χ0v) is 18.1. The molecule has 5 nitrogen and oxygen atoms in total. The molecule has 1 heterocycles. The Balaban J connectivity index is 1.79. The normalized spacial score (nSPS) is 13.8. The Hall–Kier alpha value is -3.93. The van der Waals surface area contributed by atoms with Gasteiger partial charge in [0.15, 0.2) is 0 Å². The highest BCUT2D eigenvalue weighted by molar-refractivity contribution is 6.46. The van der Waals surface area contributed by atoms with Gasteiger partial charge in [0.2, 0.25) is 0 Å². The van der Waals surface area contributed by atoms with Gasteiger partial charge in [-0.05, 0) is 74.4 Å². The van der Waals surface area contributed by atoms with Crippen LogP contribution in [0.5, 0.6) is 5.75 Å². The number of nitrogens with zero attached hydrogens (tertiary/aromatic N) is 1. The largest absolute Gasteiger partial charge is 0.491 e. The second kappa shape index (κ2) is 8.67. The lowest BCUT2D eigenvalue weighted by molar-refractivity contribution is -0.120. The van der Waals surface area contributed by atoms with E-state index in [0.717, 1.165) is 10.5 Å². The van der Waals surface area contributed by atoms with Gasteiger partial charge in [-0.2, -0.15) is 0 Å². The third-order valence-electron chi connectivity index (χ3n) is 4.95. The highest BCUT2D eigenvalue weighted by Crippen LogP contribution is 2.34. The van der Waals surface area contributed by atoms with Crippen molar-refractivity contribution in [2.24, 2.45) is 0 Å². The lowest BCUT2D eigenvalue weighted by Crippen LogP contribution is -2.32. The number of aryl methyl sites for hydroxylation is 1. The number of ether oxygens (including phenoxy) is 1. The average Bonchev–Trinajstić information content (AvgIpc) is 2.98. The average molecular weight is 430 g/mol. The van der Waals surface area contributed by atoms with E-state index < -0.39 is 17.6 Å². The molecule has 3 aromatic rings. The molecule has 32 heavy (non-hydrogen) atoms. The van der Waals surface area contributed by atoms with Crippen LogP contribution in [0.4, 0.5) is 15.8 Å². The fraction of sp³-hybridized carbons (Fsp3) is 0.154. The minimum absolute atomic E-state index is 0.0109. The second-order valence-corrected chi connectivity index (χ2v) is 7.86. The number of anilines is 2. The van der Waals surface area contributed by atoms with E-state index in [-0.39, 0.29) is 23.1 Å². The van der Waals surface area contributed by atoms with Crippen LogP contribution in [0.25, 0.3) is 5.57 Å². The van der Waals surface area contributed by atoms with Gasteiger partial charge in [0.1, 0.15) is 17.3 Å². The molecule has 1 aliphatic rings. The van der Waals surface area contributed by atoms with Gasteiger partial charge < -0.3 is 10.1 Å². The van der Waals surface area contributed by atoms with E-state index in [1.165, 1.54) is 24.3 Å². The van der Waals surface area contributed by atoms with Gasteiger partial charge in [-0.25, -0.2) is 9.29 Å². The molecule has 2 amide bonds. The van der Waals surface area contributed by atoms with Crippen LogP contribution >= 0.6 is 0 Å². The standard InChI is InChI=1S/C26H23FN2O3/c1-16(2)32-22-12-10-18(11-13-22)23-24(28-20-8-4-6-17(3)14-20)26(31)29(25(23)30)21-9-5-7-19(27)15-21/h4-16,28H,1-3H3. The van der Waals surface area contributed by atoms with Gasteiger partial charge in [0.05, 0.1) is 17.4 Å². The van der Waals surface area contributed by atoms with Crippen LogP contribution in [0.1, 0.15) is 25.0 Å². The minimum atomic E-state index is -0.542. The molecule has 0 atom stereocenters. The van der Waals surface area contributed by atoms with Crippen molar-refractivity contribution in [2.75, 3.05) is 10.2 Å². The van der Waals surface area contributed by atoms with Crippen molar-refractivity contribution >= 4 is 28.8 Å². The van der Waals surface area contributed by atoms with Crippen LogP contribution in [-0.4, -0.2) is 17.9 Å². The number of nitrogens with one attached hydrogen (secondary N) is 1. The summed E-state index contributed by atoms with van der Waals surface area (Å²) in [7, 11) is 0. The maximum atomic E-state index is 13.8. The van der Waals surface area contributed by atoms with Crippen molar-refractivity contribution in [1.29, 1.82) is 0 Å². The SMILES string of the molecule is Cc1cccc(NC2=C(c3ccc(OC(C)C)cc3)C(=O)N(c3cccc(F)c3)C2=O)c1. The Labute approximate surface area is 186 Å². The maximum Gasteiger partial charge on any atom is 0.282 e. The number of amides is 2. The van der Waals surface area contributed by atoms with Gasteiger partial charge in [-0.1, -0.05) is 30.3 Å².